The highest BCUT2D eigenvalue weighted by Gasteiger charge is 2.30. The van der Waals surface area contributed by atoms with E-state index in [9.17, 15) is 13.2 Å². The second-order valence-electron chi connectivity index (χ2n) is 6.71. The van der Waals surface area contributed by atoms with E-state index in [2.05, 4.69) is 25.8 Å². The number of ether oxygens (including phenoxy) is 1. The molecule has 5 heteroatoms. The third-order valence-electron chi connectivity index (χ3n) is 3.16. The van der Waals surface area contributed by atoms with E-state index in [0.717, 1.165) is 29.8 Å². The Morgan fingerprint density at radius 2 is 1.78 bits per heavy atom. The van der Waals surface area contributed by atoms with E-state index < -0.39 is 11.7 Å². The van der Waals surface area contributed by atoms with Crippen molar-refractivity contribution in [2.75, 3.05) is 0 Å². The van der Waals surface area contributed by atoms with Crippen molar-refractivity contribution in [1.82, 2.24) is 4.98 Å². The summed E-state index contributed by atoms with van der Waals surface area (Å²) in [5, 5.41) is 0. The molecular formula is C18H20F3NO. The van der Waals surface area contributed by atoms with Gasteiger partial charge in [-0.2, -0.15) is 13.2 Å². The van der Waals surface area contributed by atoms with Crippen molar-refractivity contribution >= 4 is 0 Å². The molecule has 0 saturated heterocycles. The maximum Gasteiger partial charge on any atom is 0.416 e. The molecule has 1 heterocycles. The van der Waals surface area contributed by atoms with Crippen molar-refractivity contribution in [1.29, 1.82) is 0 Å². The molecule has 1 aromatic carbocycles. The highest BCUT2D eigenvalue weighted by atomic mass is 19.4. The van der Waals surface area contributed by atoms with E-state index in [0.29, 0.717) is 0 Å². The van der Waals surface area contributed by atoms with Gasteiger partial charge in [-0.15, -0.1) is 0 Å². The van der Waals surface area contributed by atoms with Crippen molar-refractivity contribution in [3.8, 4) is 5.75 Å². The lowest BCUT2D eigenvalue weighted by Crippen LogP contribution is -2.10. The summed E-state index contributed by atoms with van der Waals surface area (Å²) in [6.45, 7) is 6.60. The molecule has 124 valence electrons. The average Bonchev–Trinajstić information content (AvgIpc) is 2.44. The first kappa shape index (κ1) is 17.3. The summed E-state index contributed by atoms with van der Waals surface area (Å²) in [5.74, 6) is 0.193. The van der Waals surface area contributed by atoms with Crippen LogP contribution in [-0.2, 0) is 19.2 Å². The molecule has 0 fully saturated rings. The molecule has 0 aliphatic heterocycles. The fourth-order valence-electron chi connectivity index (χ4n) is 2.12. The van der Waals surface area contributed by atoms with Gasteiger partial charge in [0, 0.05) is 17.5 Å². The van der Waals surface area contributed by atoms with E-state index in [-0.39, 0.29) is 17.8 Å². The Morgan fingerprint density at radius 1 is 1.04 bits per heavy atom. The molecule has 0 unspecified atom stereocenters. The lowest BCUT2D eigenvalue weighted by atomic mass is 9.90. The summed E-state index contributed by atoms with van der Waals surface area (Å²) < 4.78 is 43.4. The van der Waals surface area contributed by atoms with Crippen LogP contribution in [0.15, 0.2) is 42.6 Å². The van der Waals surface area contributed by atoms with Crippen LogP contribution in [0.25, 0.3) is 0 Å². The number of pyridine rings is 1. The summed E-state index contributed by atoms with van der Waals surface area (Å²) >= 11 is 0. The predicted octanol–water partition coefficient (Wildman–Crippen LogP) is 5.27. The first-order chi connectivity index (χ1) is 10.6. The van der Waals surface area contributed by atoms with E-state index in [1.54, 1.807) is 6.20 Å². The molecule has 0 atom stereocenters. The molecule has 0 aliphatic carbocycles. The number of benzene rings is 1. The summed E-state index contributed by atoms with van der Waals surface area (Å²) in [7, 11) is 0. The molecular weight excluding hydrogens is 303 g/mol. The smallest absolute Gasteiger partial charge is 0.416 e. The van der Waals surface area contributed by atoms with Crippen molar-refractivity contribution < 1.29 is 17.9 Å². The van der Waals surface area contributed by atoms with Gasteiger partial charge in [-0.05, 0) is 36.1 Å². The molecule has 0 radical (unpaired) electrons. The number of rotatable bonds is 4. The molecule has 0 saturated carbocycles. The van der Waals surface area contributed by atoms with E-state index in [1.165, 1.54) is 12.1 Å². The van der Waals surface area contributed by atoms with Gasteiger partial charge < -0.3 is 4.74 Å². The van der Waals surface area contributed by atoms with Crippen LogP contribution in [0.3, 0.4) is 0 Å². The van der Waals surface area contributed by atoms with Crippen LogP contribution in [0.5, 0.6) is 5.75 Å². The number of nitrogens with zero attached hydrogens (tertiary/aromatic N) is 1. The molecule has 0 spiro atoms. The van der Waals surface area contributed by atoms with Gasteiger partial charge in [0.25, 0.3) is 0 Å². The molecule has 1 aromatic heterocycles. The lowest BCUT2D eigenvalue weighted by molar-refractivity contribution is -0.137. The minimum Gasteiger partial charge on any atom is -0.489 e. The van der Waals surface area contributed by atoms with Crippen LogP contribution in [0, 0.1) is 5.41 Å². The van der Waals surface area contributed by atoms with Gasteiger partial charge >= 0.3 is 6.18 Å². The SMILES string of the molecule is CC(C)(C)Cc1ccc(COc2cccc(C(F)(F)F)c2)cn1. The van der Waals surface area contributed by atoms with E-state index >= 15 is 0 Å². The minimum atomic E-state index is -4.37. The summed E-state index contributed by atoms with van der Waals surface area (Å²) in [6, 6.07) is 8.69. The second kappa shape index (κ2) is 6.60. The Bertz CT molecular complexity index is 643. The number of aromatic nitrogens is 1. The topological polar surface area (TPSA) is 22.1 Å². The molecule has 2 rings (SSSR count). The van der Waals surface area contributed by atoms with Gasteiger partial charge in [-0.3, -0.25) is 4.98 Å². The standard InChI is InChI=1S/C18H20F3NO/c1-17(2,3)10-15-8-7-13(11-22-15)12-23-16-6-4-5-14(9-16)18(19,20)21/h4-9,11H,10,12H2,1-3H3. The minimum absolute atomic E-state index is 0.156. The van der Waals surface area contributed by atoms with Crippen molar-refractivity contribution in [3.63, 3.8) is 0 Å². The maximum atomic E-state index is 12.6. The number of hydrogen-bond acceptors (Lipinski definition) is 2. The second-order valence-corrected chi connectivity index (χ2v) is 6.71. The van der Waals surface area contributed by atoms with Gasteiger partial charge in [-0.25, -0.2) is 0 Å². The molecule has 0 bridgehead atoms. The Morgan fingerprint density at radius 3 is 2.35 bits per heavy atom. The first-order valence-electron chi connectivity index (χ1n) is 7.37. The van der Waals surface area contributed by atoms with Crippen LogP contribution in [-0.4, -0.2) is 4.98 Å². The Kier molecular flexibility index (Phi) is 4.97. The zero-order valence-electron chi connectivity index (χ0n) is 13.4. The van der Waals surface area contributed by atoms with Crippen molar-refractivity contribution in [2.45, 2.75) is 40.0 Å². The molecule has 0 N–H and O–H groups in total. The summed E-state index contributed by atoms with van der Waals surface area (Å²) in [4.78, 5) is 4.37. The third-order valence-corrected chi connectivity index (χ3v) is 3.16. The molecule has 0 aliphatic rings. The zero-order valence-corrected chi connectivity index (χ0v) is 13.4. The number of hydrogen-bond donors (Lipinski definition) is 0. The van der Waals surface area contributed by atoms with Gasteiger partial charge in [0.2, 0.25) is 0 Å². The Labute approximate surface area is 134 Å². The fraction of sp³-hybridized carbons (Fsp3) is 0.389. The Balaban J connectivity index is 1.99. The van der Waals surface area contributed by atoms with E-state index in [1.807, 2.05) is 12.1 Å². The van der Waals surface area contributed by atoms with Crippen molar-refractivity contribution in [3.05, 3.63) is 59.4 Å². The van der Waals surface area contributed by atoms with Crippen LogP contribution in [0.2, 0.25) is 0 Å². The molecule has 2 nitrogen and oxygen atoms in total. The van der Waals surface area contributed by atoms with Gasteiger partial charge in [0.05, 0.1) is 5.56 Å². The fourth-order valence-corrected chi connectivity index (χ4v) is 2.12. The summed E-state index contributed by atoms with van der Waals surface area (Å²) in [6.07, 6.45) is -1.80. The van der Waals surface area contributed by atoms with Gasteiger partial charge in [0.15, 0.2) is 0 Å². The van der Waals surface area contributed by atoms with Gasteiger partial charge in [0.1, 0.15) is 12.4 Å². The quantitative estimate of drug-likeness (QED) is 0.765. The zero-order chi connectivity index (χ0) is 17.1. The maximum absolute atomic E-state index is 12.6. The molecule has 0 amide bonds. The Hall–Kier alpha value is -2.04. The van der Waals surface area contributed by atoms with Crippen molar-refractivity contribution in [2.24, 2.45) is 5.41 Å². The highest BCUT2D eigenvalue weighted by molar-refractivity contribution is 5.30. The highest BCUT2D eigenvalue weighted by Crippen LogP contribution is 2.31. The van der Waals surface area contributed by atoms with Crippen LogP contribution >= 0.6 is 0 Å². The third kappa shape index (κ3) is 5.58. The van der Waals surface area contributed by atoms with Crippen LogP contribution in [0.1, 0.15) is 37.6 Å². The summed E-state index contributed by atoms with van der Waals surface area (Å²) in [5.41, 5.74) is 1.25. The average molecular weight is 323 g/mol. The van der Waals surface area contributed by atoms with E-state index in [4.69, 9.17) is 4.74 Å². The molecule has 23 heavy (non-hydrogen) atoms. The number of halogens is 3. The first-order valence-corrected chi connectivity index (χ1v) is 7.37. The molecule has 2 aromatic rings. The number of alkyl halides is 3. The van der Waals surface area contributed by atoms with Gasteiger partial charge in [-0.1, -0.05) is 32.9 Å². The predicted molar refractivity (Wildman–Crippen MR) is 83.2 cm³/mol. The lowest BCUT2D eigenvalue weighted by Gasteiger charge is -2.17. The largest absolute Gasteiger partial charge is 0.489 e. The normalized spacial score (nSPS) is 12.3. The van der Waals surface area contributed by atoms with Crippen LogP contribution < -0.4 is 4.74 Å². The van der Waals surface area contributed by atoms with Crippen LogP contribution in [0.4, 0.5) is 13.2 Å². The monoisotopic (exact) mass is 323 g/mol.